The quantitative estimate of drug-likeness (QED) is 0.810. The van der Waals surface area contributed by atoms with E-state index in [1.165, 1.54) is 10.4 Å². The number of aliphatic hydroxyl groups is 2. The molecule has 8 heteroatoms. The van der Waals surface area contributed by atoms with Gasteiger partial charge in [0.1, 0.15) is 13.2 Å². The summed E-state index contributed by atoms with van der Waals surface area (Å²) < 4.78 is 38.4. The van der Waals surface area contributed by atoms with E-state index in [-0.39, 0.29) is 24.5 Å². The highest BCUT2D eigenvalue weighted by molar-refractivity contribution is 7.89. The lowest BCUT2D eigenvalue weighted by Crippen LogP contribution is -2.50. The Morgan fingerprint density at radius 2 is 1.81 bits per heavy atom. The Hall–Kier alpha value is -2.13. The maximum atomic E-state index is 13.0. The molecule has 0 saturated heterocycles. The fraction of sp³-hybridized carbons (Fsp3) is 0.368. The number of rotatable bonds is 4. The Kier molecular flexibility index (Phi) is 4.81. The zero-order chi connectivity index (χ0) is 19.0. The Labute approximate surface area is 157 Å². The van der Waals surface area contributed by atoms with Gasteiger partial charge < -0.3 is 19.7 Å². The van der Waals surface area contributed by atoms with Gasteiger partial charge in [0.2, 0.25) is 10.0 Å². The molecule has 0 aliphatic carbocycles. The van der Waals surface area contributed by atoms with Gasteiger partial charge in [-0.05, 0) is 30.2 Å². The molecule has 0 bridgehead atoms. The highest BCUT2D eigenvalue weighted by atomic mass is 32.2. The normalized spacial score (nSPS) is 23.6. The predicted molar refractivity (Wildman–Crippen MR) is 97.3 cm³/mol. The van der Waals surface area contributed by atoms with Crippen LogP contribution in [0.1, 0.15) is 17.2 Å². The van der Waals surface area contributed by atoms with Crippen LogP contribution in [-0.2, 0) is 16.4 Å². The molecule has 2 aliphatic rings. The first kappa shape index (κ1) is 18.2. The van der Waals surface area contributed by atoms with Gasteiger partial charge in [-0.25, -0.2) is 8.42 Å². The highest BCUT2D eigenvalue weighted by Crippen LogP contribution is 2.39. The summed E-state index contributed by atoms with van der Waals surface area (Å²) in [6.45, 7) is 0.544. The second kappa shape index (κ2) is 7.12. The van der Waals surface area contributed by atoms with Crippen molar-refractivity contribution < 1.29 is 28.1 Å². The molecular weight excluding hydrogens is 370 g/mol. The molecule has 2 atom stereocenters. The summed E-state index contributed by atoms with van der Waals surface area (Å²) in [5, 5.41) is 20.3. The van der Waals surface area contributed by atoms with Crippen LogP contribution in [0.3, 0.4) is 0 Å². The molecule has 0 aromatic heterocycles. The number of nitrogens with zero attached hydrogens (tertiary/aromatic N) is 1. The number of β-amino-alcohol motifs (C(OH)–C–C–N with tert-alkyl or cyclic N) is 1. The number of fused-ring (bicyclic) bond motifs is 2. The van der Waals surface area contributed by atoms with Crippen LogP contribution >= 0.6 is 0 Å². The fourth-order valence-electron chi connectivity index (χ4n) is 3.68. The summed E-state index contributed by atoms with van der Waals surface area (Å²) in [4.78, 5) is 0.0874. The molecule has 27 heavy (non-hydrogen) atoms. The van der Waals surface area contributed by atoms with Crippen molar-refractivity contribution in [2.75, 3.05) is 26.4 Å². The molecule has 2 aromatic rings. The van der Waals surface area contributed by atoms with Gasteiger partial charge >= 0.3 is 0 Å². The molecule has 144 valence electrons. The van der Waals surface area contributed by atoms with Gasteiger partial charge in [0.05, 0.1) is 23.6 Å². The van der Waals surface area contributed by atoms with E-state index in [2.05, 4.69) is 0 Å². The number of sulfonamides is 1. The molecule has 0 spiro atoms. The number of ether oxygens (including phenoxy) is 2. The van der Waals surface area contributed by atoms with Crippen LogP contribution in [0.5, 0.6) is 11.5 Å². The molecule has 0 unspecified atom stereocenters. The van der Waals surface area contributed by atoms with Crippen LogP contribution in [0.4, 0.5) is 0 Å². The molecule has 2 aromatic carbocycles. The third kappa shape index (κ3) is 3.19. The monoisotopic (exact) mass is 391 g/mol. The average molecular weight is 391 g/mol. The summed E-state index contributed by atoms with van der Waals surface area (Å²) in [5.74, 6) is 1.26. The Morgan fingerprint density at radius 1 is 1.07 bits per heavy atom. The lowest BCUT2D eigenvalue weighted by atomic mass is 9.95. The van der Waals surface area contributed by atoms with Crippen LogP contribution in [0, 0.1) is 0 Å². The molecule has 0 radical (unpaired) electrons. The van der Waals surface area contributed by atoms with Gasteiger partial charge in [-0.2, -0.15) is 4.31 Å². The predicted octanol–water partition coefficient (Wildman–Crippen LogP) is 1.10. The standard InChI is InChI=1S/C19H21NO6S/c21-8-7-20-15(11-13-5-6-16-17(12-13)26-10-9-25-16)19(22)14-3-1-2-4-18(14)27(20,23)24/h1-6,12,15,19,21-22H,7-11H2/t15-,19-/m0/s1. The number of hydrogen-bond donors (Lipinski definition) is 2. The van der Waals surface area contributed by atoms with E-state index in [1.54, 1.807) is 24.3 Å². The van der Waals surface area contributed by atoms with Gasteiger partial charge in [-0.1, -0.05) is 24.3 Å². The largest absolute Gasteiger partial charge is 0.486 e. The summed E-state index contributed by atoms with van der Waals surface area (Å²) in [5.41, 5.74) is 1.20. The third-order valence-corrected chi connectivity index (χ3v) is 6.93. The first-order valence-corrected chi connectivity index (χ1v) is 10.2. The van der Waals surface area contributed by atoms with Gasteiger partial charge in [0, 0.05) is 12.1 Å². The maximum Gasteiger partial charge on any atom is 0.243 e. The molecule has 2 aliphatic heterocycles. The minimum absolute atomic E-state index is 0.0804. The van der Waals surface area contributed by atoms with Crippen molar-refractivity contribution in [3.8, 4) is 11.5 Å². The van der Waals surface area contributed by atoms with E-state index in [0.29, 0.717) is 30.3 Å². The van der Waals surface area contributed by atoms with Crippen molar-refractivity contribution in [2.45, 2.75) is 23.5 Å². The zero-order valence-corrected chi connectivity index (χ0v) is 15.4. The van der Waals surface area contributed by atoms with E-state index in [1.807, 2.05) is 12.1 Å². The Balaban J connectivity index is 1.72. The number of aliphatic hydroxyl groups excluding tert-OH is 2. The molecule has 0 saturated carbocycles. The van der Waals surface area contributed by atoms with E-state index in [9.17, 15) is 18.6 Å². The third-order valence-electron chi connectivity index (χ3n) is 4.93. The van der Waals surface area contributed by atoms with Crippen LogP contribution in [0.15, 0.2) is 47.4 Å². The lowest BCUT2D eigenvalue weighted by molar-refractivity contribution is 0.0724. The van der Waals surface area contributed by atoms with Gasteiger partial charge in [0.15, 0.2) is 11.5 Å². The lowest BCUT2D eigenvalue weighted by Gasteiger charge is -2.39. The summed E-state index contributed by atoms with van der Waals surface area (Å²) in [6, 6.07) is 11.2. The first-order chi connectivity index (χ1) is 13.0. The van der Waals surface area contributed by atoms with E-state index >= 15 is 0 Å². The van der Waals surface area contributed by atoms with E-state index < -0.39 is 22.2 Å². The van der Waals surface area contributed by atoms with Crippen LogP contribution in [-0.4, -0.2) is 55.3 Å². The molecule has 0 amide bonds. The summed E-state index contributed by atoms with van der Waals surface area (Å²) in [7, 11) is -3.81. The van der Waals surface area contributed by atoms with Crippen molar-refractivity contribution in [3.05, 3.63) is 53.6 Å². The van der Waals surface area contributed by atoms with Crippen LogP contribution < -0.4 is 9.47 Å². The number of hydrogen-bond acceptors (Lipinski definition) is 6. The van der Waals surface area contributed by atoms with Crippen molar-refractivity contribution >= 4 is 10.0 Å². The molecule has 2 N–H and O–H groups in total. The highest BCUT2D eigenvalue weighted by Gasteiger charge is 2.43. The van der Waals surface area contributed by atoms with Crippen molar-refractivity contribution in [3.63, 3.8) is 0 Å². The Morgan fingerprint density at radius 3 is 2.59 bits per heavy atom. The second-order valence-electron chi connectivity index (χ2n) is 6.57. The SMILES string of the molecule is O=S1(=O)c2ccccc2[C@H](O)[C@H](Cc2ccc3c(c2)OCCO3)N1CCO. The molecule has 2 heterocycles. The molecule has 4 rings (SSSR count). The topological polar surface area (TPSA) is 96.3 Å². The van der Waals surface area contributed by atoms with E-state index in [0.717, 1.165) is 5.56 Å². The average Bonchev–Trinajstić information content (AvgIpc) is 2.69. The van der Waals surface area contributed by atoms with Crippen LogP contribution in [0.25, 0.3) is 0 Å². The van der Waals surface area contributed by atoms with Crippen molar-refractivity contribution in [1.29, 1.82) is 0 Å². The van der Waals surface area contributed by atoms with Crippen molar-refractivity contribution in [1.82, 2.24) is 4.31 Å². The van der Waals surface area contributed by atoms with Gasteiger partial charge in [-0.3, -0.25) is 0 Å². The minimum atomic E-state index is -3.81. The minimum Gasteiger partial charge on any atom is -0.486 e. The fourth-order valence-corrected chi connectivity index (χ4v) is 5.54. The molecular formula is C19H21NO6S. The smallest absolute Gasteiger partial charge is 0.243 e. The number of benzene rings is 2. The summed E-state index contributed by atoms with van der Waals surface area (Å²) in [6.07, 6.45) is -0.713. The van der Waals surface area contributed by atoms with Crippen molar-refractivity contribution in [2.24, 2.45) is 0 Å². The zero-order valence-electron chi connectivity index (χ0n) is 14.6. The van der Waals surface area contributed by atoms with Crippen LogP contribution in [0.2, 0.25) is 0 Å². The molecule has 7 nitrogen and oxygen atoms in total. The van der Waals surface area contributed by atoms with Gasteiger partial charge in [-0.15, -0.1) is 0 Å². The second-order valence-corrected chi connectivity index (χ2v) is 8.43. The Bertz CT molecular complexity index is 945. The molecule has 0 fully saturated rings. The van der Waals surface area contributed by atoms with Gasteiger partial charge in [0.25, 0.3) is 0 Å². The summed E-state index contributed by atoms with van der Waals surface area (Å²) >= 11 is 0. The maximum absolute atomic E-state index is 13.0. The van der Waals surface area contributed by atoms with E-state index in [4.69, 9.17) is 9.47 Å². The first-order valence-electron chi connectivity index (χ1n) is 8.80.